The predicted octanol–water partition coefficient (Wildman–Crippen LogP) is 1.12. The van der Waals surface area contributed by atoms with Crippen LogP contribution in [-0.4, -0.2) is 19.3 Å². The molecule has 5 nitrogen and oxygen atoms in total. The van der Waals surface area contributed by atoms with Crippen molar-refractivity contribution in [3.05, 3.63) is 29.3 Å². The number of ether oxygens (including phenoxy) is 1. The molecule has 2 rings (SSSR count). The monoisotopic (exact) mass is 228 g/mol. The lowest BCUT2D eigenvalue weighted by Crippen LogP contribution is -2.06. The summed E-state index contributed by atoms with van der Waals surface area (Å²) in [6.07, 6.45) is 0.378. The van der Waals surface area contributed by atoms with Crippen molar-refractivity contribution in [1.82, 2.24) is 0 Å². The van der Waals surface area contributed by atoms with Crippen LogP contribution in [0.4, 0.5) is 5.69 Å². The summed E-state index contributed by atoms with van der Waals surface area (Å²) in [6.45, 7) is 0. The summed E-state index contributed by atoms with van der Waals surface area (Å²) in [5, 5.41) is 11.4. The normalized spacial score (nSPS) is 15.6. The summed E-state index contributed by atoms with van der Waals surface area (Å²) < 4.78 is 5.04. The molecule has 1 aliphatic rings. The predicted molar refractivity (Wildman–Crippen MR) is 60.2 cm³/mol. The molecule has 17 heavy (non-hydrogen) atoms. The summed E-state index contributed by atoms with van der Waals surface area (Å²) in [4.78, 5) is 22.4. The summed E-state index contributed by atoms with van der Waals surface area (Å²) in [5.74, 6) is 0.109. The van der Waals surface area contributed by atoms with E-state index in [2.05, 4.69) is 5.32 Å². The van der Waals surface area contributed by atoms with Gasteiger partial charge in [-0.05, 0) is 18.2 Å². The van der Waals surface area contributed by atoms with Crippen LogP contribution in [0.3, 0.4) is 0 Å². The van der Waals surface area contributed by atoms with Crippen molar-refractivity contribution >= 4 is 23.5 Å². The topological polar surface area (TPSA) is 79.2 Å². The largest absolute Gasteiger partial charge is 0.497 e. The number of hydrogen-bond acceptors (Lipinski definition) is 4. The highest BCUT2D eigenvalue weighted by Gasteiger charge is 2.27. The lowest BCUT2D eigenvalue weighted by Gasteiger charge is -2.02. The fraction of sp³-hybridized carbons (Fsp3) is 0.0833. The molecule has 5 heteroatoms. The number of amides is 1. The molecule has 1 N–H and O–H groups in total. The average Bonchev–Trinajstić information content (AvgIpc) is 2.67. The molecule has 0 saturated carbocycles. The maximum Gasteiger partial charge on any atom is 0.257 e. The first-order valence-corrected chi connectivity index (χ1v) is 4.80. The molecule has 84 valence electrons. The van der Waals surface area contributed by atoms with Gasteiger partial charge in [0.25, 0.3) is 5.91 Å². The molecular weight excluding hydrogens is 220 g/mol. The van der Waals surface area contributed by atoms with E-state index < -0.39 is 5.91 Å². The molecule has 0 atom stereocenters. The minimum Gasteiger partial charge on any atom is -0.497 e. The molecule has 0 unspecified atom stereocenters. The molecule has 0 aliphatic carbocycles. The number of benzene rings is 1. The average molecular weight is 228 g/mol. The van der Waals surface area contributed by atoms with Crippen LogP contribution in [-0.2, 0) is 9.59 Å². The van der Waals surface area contributed by atoms with Crippen LogP contribution in [0.1, 0.15) is 5.56 Å². The van der Waals surface area contributed by atoms with Crippen molar-refractivity contribution in [1.29, 1.82) is 5.26 Å². The SMILES string of the molecule is COc1ccc2c(c1)/C(=C(\C#N)C=O)C(=O)N2. The minimum absolute atomic E-state index is 0.0939. The summed E-state index contributed by atoms with van der Waals surface area (Å²) in [7, 11) is 1.50. The third-order valence-corrected chi connectivity index (χ3v) is 2.48. The number of nitrogens with zero attached hydrogens (tertiary/aromatic N) is 1. The van der Waals surface area contributed by atoms with E-state index in [4.69, 9.17) is 10.00 Å². The number of methoxy groups -OCH3 is 1. The van der Waals surface area contributed by atoms with Crippen LogP contribution < -0.4 is 10.1 Å². The van der Waals surface area contributed by atoms with E-state index >= 15 is 0 Å². The third kappa shape index (κ3) is 1.66. The van der Waals surface area contributed by atoms with E-state index in [0.717, 1.165) is 0 Å². The van der Waals surface area contributed by atoms with Crippen LogP contribution in [0.5, 0.6) is 5.75 Å². The van der Waals surface area contributed by atoms with E-state index in [1.165, 1.54) is 7.11 Å². The molecule has 1 amide bonds. The Morgan fingerprint density at radius 2 is 2.29 bits per heavy atom. The summed E-state index contributed by atoms with van der Waals surface area (Å²) >= 11 is 0. The number of fused-ring (bicyclic) bond motifs is 1. The fourth-order valence-electron chi connectivity index (χ4n) is 1.68. The number of anilines is 1. The fourth-order valence-corrected chi connectivity index (χ4v) is 1.68. The summed E-state index contributed by atoms with van der Waals surface area (Å²) in [5.41, 5.74) is 0.990. The zero-order valence-electron chi connectivity index (χ0n) is 8.98. The van der Waals surface area contributed by atoms with Gasteiger partial charge in [0.2, 0.25) is 0 Å². The maximum absolute atomic E-state index is 11.7. The van der Waals surface area contributed by atoms with Crippen molar-refractivity contribution in [3.63, 3.8) is 0 Å². The number of carbonyl (C=O) groups excluding carboxylic acids is 2. The Morgan fingerprint density at radius 1 is 1.53 bits per heavy atom. The Morgan fingerprint density at radius 3 is 2.88 bits per heavy atom. The van der Waals surface area contributed by atoms with Gasteiger partial charge in [-0.1, -0.05) is 0 Å². The van der Waals surface area contributed by atoms with Crippen molar-refractivity contribution in [2.24, 2.45) is 0 Å². The van der Waals surface area contributed by atoms with Crippen molar-refractivity contribution in [3.8, 4) is 11.8 Å². The number of nitriles is 1. The van der Waals surface area contributed by atoms with Gasteiger partial charge >= 0.3 is 0 Å². The molecular formula is C12H8N2O3. The van der Waals surface area contributed by atoms with E-state index in [0.29, 0.717) is 23.3 Å². The van der Waals surface area contributed by atoms with Crippen LogP contribution >= 0.6 is 0 Å². The van der Waals surface area contributed by atoms with Gasteiger partial charge in [-0.2, -0.15) is 5.26 Å². The van der Waals surface area contributed by atoms with E-state index in [1.54, 1.807) is 24.3 Å². The first-order valence-electron chi connectivity index (χ1n) is 4.80. The molecule has 1 aliphatic heterocycles. The molecule has 0 bridgehead atoms. The lowest BCUT2D eigenvalue weighted by molar-refractivity contribution is -0.111. The summed E-state index contributed by atoms with van der Waals surface area (Å²) in [6, 6.07) is 6.68. The molecule has 1 heterocycles. The molecule has 0 fully saturated rings. The first-order chi connectivity index (χ1) is 8.21. The van der Waals surface area contributed by atoms with Gasteiger partial charge in [0, 0.05) is 11.3 Å². The third-order valence-electron chi connectivity index (χ3n) is 2.48. The number of aldehydes is 1. The van der Waals surface area contributed by atoms with E-state index in [1.807, 2.05) is 0 Å². The van der Waals surface area contributed by atoms with Crippen molar-refractivity contribution < 1.29 is 14.3 Å². The van der Waals surface area contributed by atoms with Gasteiger partial charge in [0.15, 0.2) is 6.29 Å². The Labute approximate surface area is 97.3 Å². The van der Waals surface area contributed by atoms with Crippen molar-refractivity contribution in [2.75, 3.05) is 12.4 Å². The van der Waals surface area contributed by atoms with E-state index in [-0.39, 0.29) is 11.1 Å². The second kappa shape index (κ2) is 4.10. The van der Waals surface area contributed by atoms with Gasteiger partial charge < -0.3 is 10.1 Å². The quantitative estimate of drug-likeness (QED) is 0.467. The highest BCUT2D eigenvalue weighted by molar-refractivity contribution is 6.35. The molecule has 0 aromatic heterocycles. The molecule has 1 aromatic rings. The first kappa shape index (κ1) is 10.9. The van der Waals surface area contributed by atoms with Crippen LogP contribution in [0, 0.1) is 11.3 Å². The van der Waals surface area contributed by atoms with Gasteiger partial charge in [-0.3, -0.25) is 9.59 Å². The Balaban J connectivity index is 2.68. The second-order valence-corrected chi connectivity index (χ2v) is 3.38. The number of nitrogens with one attached hydrogen (secondary N) is 1. The van der Waals surface area contributed by atoms with Gasteiger partial charge in [0.1, 0.15) is 17.4 Å². The molecule has 0 radical (unpaired) electrons. The number of rotatable bonds is 2. The number of hydrogen-bond donors (Lipinski definition) is 1. The molecule has 0 spiro atoms. The Hall–Kier alpha value is -2.61. The molecule has 1 aromatic carbocycles. The smallest absolute Gasteiger partial charge is 0.257 e. The van der Waals surface area contributed by atoms with Crippen LogP contribution in [0.2, 0.25) is 0 Å². The van der Waals surface area contributed by atoms with Crippen molar-refractivity contribution in [2.45, 2.75) is 0 Å². The van der Waals surface area contributed by atoms with Gasteiger partial charge in [-0.15, -0.1) is 0 Å². The molecule has 0 saturated heterocycles. The Bertz CT molecular complexity index is 582. The van der Waals surface area contributed by atoms with Crippen LogP contribution in [0.25, 0.3) is 5.57 Å². The van der Waals surface area contributed by atoms with Gasteiger partial charge in [-0.25, -0.2) is 0 Å². The van der Waals surface area contributed by atoms with E-state index in [9.17, 15) is 9.59 Å². The zero-order valence-corrected chi connectivity index (χ0v) is 8.98. The van der Waals surface area contributed by atoms with Gasteiger partial charge in [0.05, 0.1) is 12.7 Å². The highest BCUT2D eigenvalue weighted by atomic mass is 16.5. The standard InChI is InChI=1S/C12H8N2O3/c1-17-8-2-3-10-9(4-8)11(12(16)14-10)7(5-13)6-15/h2-4,6H,1H3,(H,14,16)/b11-7-. The minimum atomic E-state index is -0.447. The second-order valence-electron chi connectivity index (χ2n) is 3.38. The maximum atomic E-state index is 11.7. The zero-order chi connectivity index (χ0) is 12.4. The number of carbonyl (C=O) groups is 2. The highest BCUT2D eigenvalue weighted by Crippen LogP contribution is 2.35. The van der Waals surface area contributed by atoms with Crippen LogP contribution in [0.15, 0.2) is 23.8 Å². The lowest BCUT2D eigenvalue weighted by atomic mass is 10.0. The Kier molecular flexibility index (Phi) is 2.63. The number of allylic oxidation sites excluding steroid dienone is 1.